The third-order valence-corrected chi connectivity index (χ3v) is 4.25. The van der Waals surface area contributed by atoms with Gasteiger partial charge >= 0.3 is 0 Å². The predicted octanol–water partition coefficient (Wildman–Crippen LogP) is 2.69. The van der Waals surface area contributed by atoms with Crippen LogP contribution >= 0.6 is 0 Å². The molecule has 0 saturated heterocycles. The molecule has 2 aromatic carbocycles. The highest BCUT2D eigenvalue weighted by atomic mass is 16.5. The monoisotopic (exact) mass is 323 g/mol. The molecular formula is C20H23N2O2+. The molecule has 0 unspecified atom stereocenters. The minimum atomic E-state index is -0.282. The SMILES string of the molecule is COC[C@H](C)[NH2+][C@@H](C(=O)c1c[nH]c2ccccc12)c1ccccc1. The van der Waals surface area contributed by atoms with Crippen LogP contribution in [0, 0.1) is 0 Å². The van der Waals surface area contributed by atoms with Crippen LogP contribution in [-0.2, 0) is 4.74 Å². The van der Waals surface area contributed by atoms with Gasteiger partial charge in [0.2, 0.25) is 5.78 Å². The minimum Gasteiger partial charge on any atom is -0.379 e. The van der Waals surface area contributed by atoms with E-state index in [1.165, 1.54) is 0 Å². The second kappa shape index (κ2) is 7.43. The molecule has 3 aromatic rings. The molecule has 0 fully saturated rings. The molecule has 3 rings (SSSR count). The molecule has 2 atom stereocenters. The highest BCUT2D eigenvalue weighted by Gasteiger charge is 2.29. The van der Waals surface area contributed by atoms with Gasteiger partial charge in [0.25, 0.3) is 0 Å². The third-order valence-electron chi connectivity index (χ3n) is 4.25. The van der Waals surface area contributed by atoms with E-state index in [0.717, 1.165) is 22.0 Å². The number of ketones is 1. The molecule has 0 saturated carbocycles. The molecular weight excluding hydrogens is 300 g/mol. The molecule has 3 N–H and O–H groups in total. The Balaban J connectivity index is 1.96. The van der Waals surface area contributed by atoms with Gasteiger partial charge in [-0.3, -0.25) is 4.79 Å². The van der Waals surface area contributed by atoms with Crippen LogP contribution in [0.1, 0.15) is 28.9 Å². The summed E-state index contributed by atoms with van der Waals surface area (Å²) in [5, 5.41) is 3.05. The van der Waals surface area contributed by atoms with Crippen molar-refractivity contribution in [1.29, 1.82) is 0 Å². The average molecular weight is 323 g/mol. The number of carbonyl (C=O) groups excluding carboxylic acids is 1. The Morgan fingerprint density at radius 1 is 1.12 bits per heavy atom. The van der Waals surface area contributed by atoms with Gasteiger partial charge in [0.1, 0.15) is 6.04 Å². The lowest BCUT2D eigenvalue weighted by atomic mass is 9.96. The number of hydrogen-bond donors (Lipinski definition) is 2. The van der Waals surface area contributed by atoms with Crippen molar-refractivity contribution in [1.82, 2.24) is 4.98 Å². The Hall–Kier alpha value is -2.43. The van der Waals surface area contributed by atoms with Crippen molar-refractivity contribution in [2.24, 2.45) is 0 Å². The highest BCUT2D eigenvalue weighted by molar-refractivity contribution is 6.09. The summed E-state index contributed by atoms with van der Waals surface area (Å²) in [7, 11) is 1.68. The molecule has 0 radical (unpaired) electrons. The summed E-state index contributed by atoms with van der Waals surface area (Å²) < 4.78 is 5.23. The molecule has 0 spiro atoms. The number of quaternary nitrogens is 1. The van der Waals surface area contributed by atoms with Gasteiger partial charge in [0.05, 0.1) is 6.61 Å². The molecule has 4 nitrogen and oxygen atoms in total. The number of para-hydroxylation sites is 1. The van der Waals surface area contributed by atoms with Crippen molar-refractivity contribution >= 4 is 16.7 Å². The molecule has 0 aliphatic heterocycles. The Morgan fingerprint density at radius 3 is 2.58 bits per heavy atom. The van der Waals surface area contributed by atoms with Gasteiger partial charge in [0.15, 0.2) is 6.04 Å². The number of nitrogens with one attached hydrogen (secondary N) is 1. The summed E-state index contributed by atoms with van der Waals surface area (Å²) in [6.07, 6.45) is 1.82. The molecule has 4 heteroatoms. The Kier molecular flexibility index (Phi) is 5.08. The number of ether oxygens (including phenoxy) is 1. The minimum absolute atomic E-state index is 0.113. The Labute approximate surface area is 141 Å². The van der Waals surface area contributed by atoms with Crippen molar-refractivity contribution in [3.05, 3.63) is 71.9 Å². The van der Waals surface area contributed by atoms with Gasteiger partial charge < -0.3 is 15.0 Å². The van der Waals surface area contributed by atoms with Crippen LogP contribution in [0.3, 0.4) is 0 Å². The Morgan fingerprint density at radius 2 is 1.83 bits per heavy atom. The lowest BCUT2D eigenvalue weighted by Crippen LogP contribution is -2.92. The number of nitrogens with two attached hydrogens (primary N) is 1. The summed E-state index contributed by atoms with van der Waals surface area (Å²) in [5.74, 6) is 0.113. The predicted molar refractivity (Wildman–Crippen MR) is 95.1 cm³/mol. The number of Topliss-reactive ketones (excluding diaryl/α,β-unsaturated/α-hetero) is 1. The topological polar surface area (TPSA) is 58.7 Å². The number of H-pyrrole nitrogens is 1. The van der Waals surface area contributed by atoms with Crippen LogP contribution < -0.4 is 5.32 Å². The summed E-state index contributed by atoms with van der Waals surface area (Å²) in [5.41, 5.74) is 2.73. The maximum Gasteiger partial charge on any atom is 0.226 e. The van der Waals surface area contributed by atoms with E-state index in [1.54, 1.807) is 7.11 Å². The van der Waals surface area contributed by atoms with E-state index in [2.05, 4.69) is 17.2 Å². The fourth-order valence-electron chi connectivity index (χ4n) is 3.10. The van der Waals surface area contributed by atoms with E-state index in [9.17, 15) is 4.79 Å². The molecule has 124 valence electrons. The number of benzene rings is 2. The van der Waals surface area contributed by atoms with E-state index in [1.807, 2.05) is 60.8 Å². The summed E-state index contributed by atoms with van der Waals surface area (Å²) in [6, 6.07) is 17.7. The maximum absolute atomic E-state index is 13.3. The van der Waals surface area contributed by atoms with Crippen LogP contribution in [0.5, 0.6) is 0 Å². The zero-order valence-electron chi connectivity index (χ0n) is 14.0. The van der Waals surface area contributed by atoms with Crippen LogP contribution in [0.15, 0.2) is 60.8 Å². The zero-order valence-corrected chi connectivity index (χ0v) is 14.0. The summed E-state index contributed by atoms with van der Waals surface area (Å²) >= 11 is 0. The van der Waals surface area contributed by atoms with Gasteiger partial charge in [-0.15, -0.1) is 0 Å². The van der Waals surface area contributed by atoms with Crippen molar-refractivity contribution < 1.29 is 14.8 Å². The van der Waals surface area contributed by atoms with Crippen LogP contribution in [-0.4, -0.2) is 30.5 Å². The smallest absolute Gasteiger partial charge is 0.226 e. The molecule has 1 aromatic heterocycles. The number of aromatic amines is 1. The first-order valence-electron chi connectivity index (χ1n) is 8.20. The van der Waals surface area contributed by atoms with Crippen LogP contribution in [0.4, 0.5) is 0 Å². The lowest BCUT2D eigenvalue weighted by molar-refractivity contribution is -0.712. The molecule has 1 heterocycles. The fourth-order valence-corrected chi connectivity index (χ4v) is 3.10. The first kappa shape index (κ1) is 16.4. The maximum atomic E-state index is 13.3. The molecule has 0 bridgehead atoms. The van der Waals surface area contributed by atoms with Crippen molar-refractivity contribution in [3.8, 4) is 0 Å². The normalized spacial score (nSPS) is 13.8. The first-order chi connectivity index (χ1) is 11.7. The largest absolute Gasteiger partial charge is 0.379 e. The zero-order chi connectivity index (χ0) is 16.9. The van der Waals surface area contributed by atoms with Gasteiger partial charge in [-0.2, -0.15) is 0 Å². The third kappa shape index (κ3) is 3.40. The first-order valence-corrected chi connectivity index (χ1v) is 8.20. The van der Waals surface area contributed by atoms with Gasteiger partial charge in [-0.1, -0.05) is 48.5 Å². The number of hydrogen-bond acceptors (Lipinski definition) is 2. The summed E-state index contributed by atoms with van der Waals surface area (Å²) in [6.45, 7) is 2.67. The molecule has 0 aliphatic rings. The summed E-state index contributed by atoms with van der Waals surface area (Å²) in [4.78, 5) is 16.5. The van der Waals surface area contributed by atoms with E-state index >= 15 is 0 Å². The van der Waals surface area contributed by atoms with Crippen LogP contribution in [0.2, 0.25) is 0 Å². The highest BCUT2D eigenvalue weighted by Crippen LogP contribution is 2.23. The molecule has 0 amide bonds. The lowest BCUT2D eigenvalue weighted by Gasteiger charge is -2.19. The molecule has 24 heavy (non-hydrogen) atoms. The van der Waals surface area contributed by atoms with Gasteiger partial charge in [0, 0.05) is 35.3 Å². The Bertz CT molecular complexity index is 811. The number of rotatable bonds is 7. The number of carbonyl (C=O) groups is 1. The van der Waals surface area contributed by atoms with E-state index in [-0.39, 0.29) is 17.9 Å². The second-order valence-corrected chi connectivity index (χ2v) is 6.13. The standard InChI is InChI=1S/C20H22N2O2/c1-14(13-24-2)22-19(15-8-4-3-5-9-15)20(23)17-12-21-18-11-7-6-10-16(17)18/h3-12,14,19,21-22H,13H2,1-2H3/p+1/t14-,19+/m0/s1. The van der Waals surface area contributed by atoms with Crippen molar-refractivity contribution in [2.75, 3.05) is 13.7 Å². The van der Waals surface area contributed by atoms with Crippen LogP contribution in [0.25, 0.3) is 10.9 Å². The second-order valence-electron chi connectivity index (χ2n) is 6.13. The van der Waals surface area contributed by atoms with E-state index in [0.29, 0.717) is 6.61 Å². The number of aromatic nitrogens is 1. The number of methoxy groups -OCH3 is 1. The van der Waals surface area contributed by atoms with E-state index < -0.39 is 0 Å². The quantitative estimate of drug-likeness (QED) is 0.657. The average Bonchev–Trinajstić information content (AvgIpc) is 3.04. The molecule has 0 aliphatic carbocycles. The number of fused-ring (bicyclic) bond motifs is 1. The van der Waals surface area contributed by atoms with Gasteiger partial charge in [-0.25, -0.2) is 0 Å². The van der Waals surface area contributed by atoms with Crippen molar-refractivity contribution in [3.63, 3.8) is 0 Å². The van der Waals surface area contributed by atoms with Crippen molar-refractivity contribution in [2.45, 2.75) is 19.0 Å². The van der Waals surface area contributed by atoms with Gasteiger partial charge in [-0.05, 0) is 13.0 Å². The fraction of sp³-hybridized carbons (Fsp3) is 0.250. The van der Waals surface area contributed by atoms with E-state index in [4.69, 9.17) is 4.74 Å².